The number of hydrogen-bond donors (Lipinski definition) is 5. The Labute approximate surface area is 198 Å². The van der Waals surface area contributed by atoms with E-state index in [-0.39, 0.29) is 65.3 Å². The number of carbonyl (C=O) groups is 1. The molecule has 2 aromatic rings. The number of carbonyl (C=O) groups excluding carboxylic acids is 1. The van der Waals surface area contributed by atoms with E-state index in [1.165, 1.54) is 39.2 Å². The van der Waals surface area contributed by atoms with E-state index in [0.29, 0.717) is 11.1 Å². The van der Waals surface area contributed by atoms with Gasteiger partial charge in [-0.25, -0.2) is 0 Å². The van der Waals surface area contributed by atoms with Crippen molar-refractivity contribution in [2.24, 2.45) is 5.92 Å². The van der Waals surface area contributed by atoms with Crippen molar-refractivity contribution < 1.29 is 39.8 Å². The number of phenolic OH excluding ortho intramolecular Hbond substituents is 3. The number of aliphatic hydroxyl groups is 2. The normalized spacial score (nSPS) is 17.5. The monoisotopic (exact) mass is 472 g/mol. The van der Waals surface area contributed by atoms with Crippen molar-refractivity contribution in [3.05, 3.63) is 53.1 Å². The van der Waals surface area contributed by atoms with E-state index in [9.17, 15) is 30.3 Å². The minimum absolute atomic E-state index is 0.0761. The average Bonchev–Trinajstić information content (AvgIpc) is 2.73. The molecule has 5 N–H and O–H groups in total. The molecule has 2 aromatic carbocycles. The van der Waals surface area contributed by atoms with Crippen LogP contribution in [0.1, 0.15) is 61.2 Å². The Morgan fingerprint density at radius 1 is 1.24 bits per heavy atom. The summed E-state index contributed by atoms with van der Waals surface area (Å²) < 4.78 is 11.5. The van der Waals surface area contributed by atoms with Gasteiger partial charge in [-0.2, -0.15) is 0 Å². The van der Waals surface area contributed by atoms with Gasteiger partial charge in [0.25, 0.3) is 0 Å². The first-order valence-electron chi connectivity index (χ1n) is 11.0. The number of Topliss-reactive ketones (excluding diaryl/α,β-unsaturated/α-hetero) is 1. The van der Waals surface area contributed by atoms with E-state index in [2.05, 4.69) is 6.58 Å². The highest BCUT2D eigenvalue weighted by Gasteiger charge is 2.36. The standard InChI is InChI=1S/C26H32O8/c1-13(2)14(9-23(31)26(3,4)32)8-17-19(29)11-22(33-5)24-20(30)12-21(34-25(17)24)16-7-6-15(27)10-18(16)28/h6-7,10-11,14,21,23,27-29,31-32H,1,8-9,12H2,2-5H3/t14?,21-,23?/m0/s1. The fourth-order valence-corrected chi connectivity index (χ4v) is 4.11. The summed E-state index contributed by atoms with van der Waals surface area (Å²) in [6.07, 6.45) is -1.62. The number of aliphatic hydroxyl groups excluding tert-OH is 1. The molecule has 0 amide bonds. The number of benzene rings is 2. The van der Waals surface area contributed by atoms with Crippen LogP contribution in [-0.2, 0) is 6.42 Å². The first-order chi connectivity index (χ1) is 15.8. The maximum Gasteiger partial charge on any atom is 0.174 e. The zero-order valence-electron chi connectivity index (χ0n) is 19.8. The zero-order chi connectivity index (χ0) is 25.4. The second-order valence-electron chi connectivity index (χ2n) is 9.41. The number of allylic oxidation sites excluding steroid dienone is 1. The van der Waals surface area contributed by atoms with Crippen molar-refractivity contribution in [3.8, 4) is 28.7 Å². The molecular weight excluding hydrogens is 440 g/mol. The van der Waals surface area contributed by atoms with E-state index < -0.39 is 17.8 Å². The second-order valence-corrected chi connectivity index (χ2v) is 9.41. The van der Waals surface area contributed by atoms with Crippen molar-refractivity contribution in [2.75, 3.05) is 7.11 Å². The van der Waals surface area contributed by atoms with Crippen LogP contribution in [-0.4, -0.2) is 50.1 Å². The Bertz CT molecular complexity index is 1100. The van der Waals surface area contributed by atoms with Crippen LogP contribution in [0, 0.1) is 5.92 Å². The molecule has 3 rings (SSSR count). The van der Waals surface area contributed by atoms with Crippen LogP contribution < -0.4 is 9.47 Å². The second kappa shape index (κ2) is 9.56. The average molecular weight is 473 g/mol. The van der Waals surface area contributed by atoms with E-state index >= 15 is 0 Å². The van der Waals surface area contributed by atoms with E-state index in [4.69, 9.17) is 9.47 Å². The third-order valence-electron chi connectivity index (χ3n) is 6.29. The highest BCUT2D eigenvalue weighted by atomic mass is 16.5. The Morgan fingerprint density at radius 3 is 2.47 bits per heavy atom. The van der Waals surface area contributed by atoms with Gasteiger partial charge < -0.3 is 35.0 Å². The molecule has 0 spiro atoms. The Morgan fingerprint density at radius 2 is 1.91 bits per heavy atom. The van der Waals surface area contributed by atoms with Crippen LogP contribution in [0.2, 0.25) is 0 Å². The molecule has 0 bridgehead atoms. The smallest absolute Gasteiger partial charge is 0.174 e. The van der Waals surface area contributed by atoms with Gasteiger partial charge in [-0.15, -0.1) is 0 Å². The quantitative estimate of drug-likeness (QED) is 0.366. The van der Waals surface area contributed by atoms with Crippen LogP contribution in [0.25, 0.3) is 0 Å². The molecule has 1 heterocycles. The van der Waals surface area contributed by atoms with Gasteiger partial charge in [-0.3, -0.25) is 4.79 Å². The van der Waals surface area contributed by atoms with Gasteiger partial charge in [-0.05, 0) is 51.7 Å². The molecule has 0 fully saturated rings. The number of hydrogen-bond acceptors (Lipinski definition) is 8. The number of fused-ring (bicyclic) bond motifs is 1. The summed E-state index contributed by atoms with van der Waals surface area (Å²) in [5, 5.41) is 51.4. The molecule has 1 aliphatic rings. The molecule has 0 saturated carbocycles. The van der Waals surface area contributed by atoms with Gasteiger partial charge in [-0.1, -0.05) is 12.2 Å². The lowest BCUT2D eigenvalue weighted by Gasteiger charge is -2.32. The molecule has 3 atom stereocenters. The minimum Gasteiger partial charge on any atom is -0.508 e. The summed E-state index contributed by atoms with van der Waals surface area (Å²) in [6, 6.07) is 5.38. The number of ketones is 1. The molecule has 2 unspecified atom stereocenters. The molecule has 8 heteroatoms. The lowest BCUT2D eigenvalue weighted by molar-refractivity contribution is -0.0563. The van der Waals surface area contributed by atoms with Crippen LogP contribution in [0.3, 0.4) is 0 Å². The Hall–Kier alpha value is -3.23. The highest BCUT2D eigenvalue weighted by molar-refractivity contribution is 6.03. The van der Waals surface area contributed by atoms with Crippen LogP contribution in [0.5, 0.6) is 28.7 Å². The summed E-state index contributed by atoms with van der Waals surface area (Å²) in [5.41, 5.74) is 0.237. The Balaban J connectivity index is 2.07. The van der Waals surface area contributed by atoms with E-state index in [1.54, 1.807) is 6.92 Å². The summed E-state index contributed by atoms with van der Waals surface area (Å²) in [6.45, 7) is 8.81. The first-order valence-corrected chi connectivity index (χ1v) is 11.0. The fourth-order valence-electron chi connectivity index (χ4n) is 4.11. The minimum atomic E-state index is -1.33. The van der Waals surface area contributed by atoms with Crippen molar-refractivity contribution in [1.82, 2.24) is 0 Å². The maximum absolute atomic E-state index is 13.2. The van der Waals surface area contributed by atoms with Crippen molar-refractivity contribution in [2.45, 2.75) is 57.8 Å². The van der Waals surface area contributed by atoms with Gasteiger partial charge in [0.1, 0.15) is 40.4 Å². The lowest BCUT2D eigenvalue weighted by atomic mass is 9.83. The largest absolute Gasteiger partial charge is 0.508 e. The molecule has 0 saturated heterocycles. The van der Waals surface area contributed by atoms with Crippen molar-refractivity contribution in [3.63, 3.8) is 0 Å². The topological polar surface area (TPSA) is 137 Å². The first kappa shape index (κ1) is 25.4. The van der Waals surface area contributed by atoms with E-state index in [0.717, 1.165) is 11.6 Å². The van der Waals surface area contributed by atoms with Crippen LogP contribution >= 0.6 is 0 Å². The Kier molecular flexibility index (Phi) is 7.14. The molecule has 34 heavy (non-hydrogen) atoms. The predicted octanol–water partition coefficient (Wildman–Crippen LogP) is 3.78. The highest BCUT2D eigenvalue weighted by Crippen LogP contribution is 2.48. The molecule has 184 valence electrons. The lowest BCUT2D eigenvalue weighted by Crippen LogP contribution is -2.37. The predicted molar refractivity (Wildman–Crippen MR) is 126 cm³/mol. The number of aromatic hydroxyl groups is 3. The summed E-state index contributed by atoms with van der Waals surface area (Å²) >= 11 is 0. The third kappa shape index (κ3) is 5.13. The van der Waals surface area contributed by atoms with Gasteiger partial charge >= 0.3 is 0 Å². The summed E-state index contributed by atoms with van der Waals surface area (Å²) in [7, 11) is 1.39. The van der Waals surface area contributed by atoms with Crippen LogP contribution in [0.15, 0.2) is 36.4 Å². The number of ether oxygens (including phenoxy) is 2. The number of phenols is 3. The molecule has 0 radical (unpaired) electrons. The SMILES string of the molecule is C=C(C)C(Cc1c(O)cc(OC)c2c1O[C@H](c1ccc(O)cc1O)CC2=O)CC(O)C(C)(C)O. The van der Waals surface area contributed by atoms with Gasteiger partial charge in [0.05, 0.1) is 25.2 Å². The van der Waals surface area contributed by atoms with Gasteiger partial charge in [0, 0.05) is 23.3 Å². The maximum atomic E-state index is 13.2. The van der Waals surface area contributed by atoms with E-state index in [1.807, 2.05) is 0 Å². The van der Waals surface area contributed by atoms with Crippen LogP contribution in [0.4, 0.5) is 0 Å². The number of rotatable bonds is 8. The molecule has 1 aliphatic heterocycles. The summed E-state index contributed by atoms with van der Waals surface area (Å²) in [4.78, 5) is 13.2. The summed E-state index contributed by atoms with van der Waals surface area (Å²) in [5.74, 6) is -0.830. The van der Waals surface area contributed by atoms with Gasteiger partial charge in [0.15, 0.2) is 5.78 Å². The van der Waals surface area contributed by atoms with Gasteiger partial charge in [0.2, 0.25) is 0 Å². The molecule has 0 aliphatic carbocycles. The zero-order valence-corrected chi connectivity index (χ0v) is 19.8. The molecule has 0 aromatic heterocycles. The van der Waals surface area contributed by atoms with Crippen molar-refractivity contribution in [1.29, 1.82) is 0 Å². The molecule has 8 nitrogen and oxygen atoms in total. The fraction of sp³-hybridized carbons (Fsp3) is 0.423. The molecular formula is C26H32O8. The number of methoxy groups -OCH3 is 1. The third-order valence-corrected chi connectivity index (χ3v) is 6.29. The van der Waals surface area contributed by atoms with Crippen molar-refractivity contribution >= 4 is 5.78 Å².